The Kier molecular flexibility index (Phi) is 2.94. The molecule has 0 bridgehead atoms. The molecule has 22 heavy (non-hydrogen) atoms. The van der Waals surface area contributed by atoms with Crippen molar-refractivity contribution < 1.29 is 0 Å². The second-order valence-corrected chi connectivity index (χ2v) is 6.80. The van der Waals surface area contributed by atoms with Crippen LogP contribution in [0.2, 0.25) is 0 Å². The van der Waals surface area contributed by atoms with Crippen LogP contribution >= 0.6 is 11.3 Å². The second kappa shape index (κ2) is 4.85. The lowest BCUT2D eigenvalue weighted by Gasteiger charge is -2.12. The van der Waals surface area contributed by atoms with Crippen LogP contribution < -0.4 is 4.90 Å². The Morgan fingerprint density at radius 3 is 2.55 bits per heavy atom. The molecule has 0 spiro atoms. The minimum absolute atomic E-state index is 1.03. The number of fused-ring (bicyclic) bond motifs is 3. The van der Waals surface area contributed by atoms with Crippen molar-refractivity contribution in [3.05, 3.63) is 54.2 Å². The van der Waals surface area contributed by atoms with Crippen LogP contribution in [0, 0.1) is 6.92 Å². The summed E-state index contributed by atoms with van der Waals surface area (Å²) < 4.78 is 3.48. The zero-order valence-electron chi connectivity index (χ0n) is 12.9. The highest BCUT2D eigenvalue weighted by Crippen LogP contribution is 2.30. The van der Waals surface area contributed by atoms with Crippen molar-refractivity contribution in [1.82, 2.24) is 9.38 Å². The fourth-order valence-corrected chi connectivity index (χ4v) is 3.78. The molecule has 2 aromatic heterocycles. The van der Waals surface area contributed by atoms with Gasteiger partial charge in [0.2, 0.25) is 0 Å². The molecule has 0 N–H and O–H groups in total. The number of hydrogen-bond acceptors (Lipinski definition) is 3. The summed E-state index contributed by atoms with van der Waals surface area (Å²) in [6.07, 6.45) is 2.13. The van der Waals surface area contributed by atoms with Crippen LogP contribution in [-0.4, -0.2) is 23.5 Å². The molecule has 0 unspecified atom stereocenters. The van der Waals surface area contributed by atoms with Gasteiger partial charge in [-0.3, -0.25) is 4.40 Å². The molecule has 0 radical (unpaired) electrons. The number of aromatic nitrogens is 2. The third kappa shape index (κ3) is 2.07. The molecule has 2 aromatic carbocycles. The van der Waals surface area contributed by atoms with Crippen LogP contribution in [0.1, 0.15) is 5.56 Å². The Hall–Kier alpha value is -2.33. The van der Waals surface area contributed by atoms with Crippen LogP contribution in [0.4, 0.5) is 5.69 Å². The monoisotopic (exact) mass is 307 g/mol. The first-order valence-electron chi connectivity index (χ1n) is 7.28. The van der Waals surface area contributed by atoms with Gasteiger partial charge in [-0.1, -0.05) is 29.5 Å². The molecule has 110 valence electrons. The Morgan fingerprint density at radius 1 is 1.05 bits per heavy atom. The second-order valence-electron chi connectivity index (χ2n) is 5.79. The topological polar surface area (TPSA) is 20.5 Å². The van der Waals surface area contributed by atoms with Crippen molar-refractivity contribution in [3.8, 4) is 11.3 Å². The summed E-state index contributed by atoms with van der Waals surface area (Å²) in [6.45, 7) is 2.12. The molecule has 4 aromatic rings. The van der Waals surface area contributed by atoms with E-state index in [-0.39, 0.29) is 0 Å². The lowest BCUT2D eigenvalue weighted by molar-refractivity contribution is 1.13. The molecule has 0 fully saturated rings. The Bertz CT molecular complexity index is 961. The lowest BCUT2D eigenvalue weighted by atomic mass is 10.1. The van der Waals surface area contributed by atoms with Crippen molar-refractivity contribution in [1.29, 1.82) is 0 Å². The average Bonchev–Trinajstić information content (AvgIpc) is 3.04. The van der Waals surface area contributed by atoms with Crippen LogP contribution in [0.5, 0.6) is 0 Å². The first-order chi connectivity index (χ1) is 10.6. The zero-order valence-corrected chi connectivity index (χ0v) is 13.7. The molecule has 4 rings (SSSR count). The van der Waals surface area contributed by atoms with Gasteiger partial charge in [0.05, 0.1) is 15.9 Å². The van der Waals surface area contributed by atoms with E-state index in [1.54, 1.807) is 11.3 Å². The Balaban J connectivity index is 1.82. The van der Waals surface area contributed by atoms with Crippen molar-refractivity contribution in [2.45, 2.75) is 6.92 Å². The highest BCUT2D eigenvalue weighted by molar-refractivity contribution is 7.23. The number of aryl methyl sites for hydroxylation is 1. The molecule has 4 heteroatoms. The summed E-state index contributed by atoms with van der Waals surface area (Å²) in [7, 11) is 4.10. The van der Waals surface area contributed by atoms with Crippen LogP contribution in [-0.2, 0) is 0 Å². The van der Waals surface area contributed by atoms with Gasteiger partial charge in [0, 0.05) is 31.5 Å². The summed E-state index contributed by atoms with van der Waals surface area (Å²) >= 11 is 1.74. The SMILES string of the molecule is Cc1ccc2c(c1)sc1nc(-c3ccc(N(C)C)cc3)cn12. The largest absolute Gasteiger partial charge is 0.378 e. The average molecular weight is 307 g/mol. The summed E-state index contributed by atoms with van der Waals surface area (Å²) in [6, 6.07) is 15.1. The number of anilines is 1. The van der Waals surface area contributed by atoms with E-state index >= 15 is 0 Å². The molecular weight excluding hydrogens is 290 g/mol. The Morgan fingerprint density at radius 2 is 1.82 bits per heavy atom. The van der Waals surface area contributed by atoms with Gasteiger partial charge in [0.1, 0.15) is 0 Å². The van der Waals surface area contributed by atoms with Crippen LogP contribution in [0.3, 0.4) is 0 Å². The molecular formula is C18H17N3S. The molecule has 2 heterocycles. The predicted molar refractivity (Wildman–Crippen MR) is 95.1 cm³/mol. The quantitative estimate of drug-likeness (QED) is 0.540. The van der Waals surface area contributed by atoms with E-state index in [4.69, 9.17) is 4.98 Å². The lowest BCUT2D eigenvalue weighted by Crippen LogP contribution is -2.07. The molecule has 0 saturated heterocycles. The number of thiazole rings is 1. The van der Waals surface area contributed by atoms with E-state index in [1.807, 2.05) is 0 Å². The van der Waals surface area contributed by atoms with Crippen LogP contribution in [0.25, 0.3) is 26.4 Å². The maximum absolute atomic E-state index is 4.79. The van der Waals surface area contributed by atoms with E-state index in [0.29, 0.717) is 0 Å². The van der Waals surface area contributed by atoms with Gasteiger partial charge in [0.25, 0.3) is 0 Å². The fourth-order valence-electron chi connectivity index (χ4n) is 2.68. The van der Waals surface area contributed by atoms with Crippen LogP contribution in [0.15, 0.2) is 48.7 Å². The first-order valence-corrected chi connectivity index (χ1v) is 8.09. The van der Waals surface area contributed by atoms with Crippen molar-refractivity contribution in [2.75, 3.05) is 19.0 Å². The summed E-state index contributed by atoms with van der Waals surface area (Å²) in [5.74, 6) is 0. The number of hydrogen-bond donors (Lipinski definition) is 0. The van der Waals surface area contributed by atoms with E-state index in [0.717, 1.165) is 16.2 Å². The number of imidazole rings is 1. The van der Waals surface area contributed by atoms with Gasteiger partial charge in [-0.25, -0.2) is 4.98 Å². The molecule has 0 aliphatic carbocycles. The Labute approximate surface area is 133 Å². The summed E-state index contributed by atoms with van der Waals surface area (Å²) in [4.78, 5) is 7.94. The summed E-state index contributed by atoms with van der Waals surface area (Å²) in [5, 5.41) is 0. The predicted octanol–water partition coefficient (Wildman–Crippen LogP) is 4.59. The maximum atomic E-state index is 4.79. The van der Waals surface area contributed by atoms with Crippen molar-refractivity contribution in [2.24, 2.45) is 0 Å². The highest BCUT2D eigenvalue weighted by atomic mass is 32.1. The molecule has 0 aliphatic rings. The zero-order chi connectivity index (χ0) is 15.3. The van der Waals surface area contributed by atoms with Gasteiger partial charge >= 0.3 is 0 Å². The smallest absolute Gasteiger partial charge is 0.195 e. The fraction of sp³-hybridized carbons (Fsp3) is 0.167. The highest BCUT2D eigenvalue weighted by Gasteiger charge is 2.10. The standard InChI is InChI=1S/C18H17N3S/c1-12-4-9-16-17(10-12)22-18-19-15(11-21(16)18)13-5-7-14(8-6-13)20(2)3/h4-11H,1-3H3. The van der Waals surface area contributed by atoms with Gasteiger partial charge in [-0.05, 0) is 36.8 Å². The minimum atomic E-state index is 1.03. The number of nitrogens with zero attached hydrogens (tertiary/aromatic N) is 3. The maximum Gasteiger partial charge on any atom is 0.195 e. The van der Waals surface area contributed by atoms with Gasteiger partial charge in [-0.15, -0.1) is 0 Å². The van der Waals surface area contributed by atoms with E-state index in [1.165, 1.54) is 21.5 Å². The van der Waals surface area contributed by atoms with E-state index < -0.39 is 0 Å². The number of rotatable bonds is 2. The summed E-state index contributed by atoms with van der Waals surface area (Å²) in [5.41, 5.74) is 5.90. The molecule has 0 saturated carbocycles. The molecule has 0 aliphatic heterocycles. The van der Waals surface area contributed by atoms with Crippen molar-refractivity contribution >= 4 is 32.2 Å². The van der Waals surface area contributed by atoms with E-state index in [9.17, 15) is 0 Å². The third-order valence-electron chi connectivity index (χ3n) is 3.93. The number of benzene rings is 2. The van der Waals surface area contributed by atoms with Gasteiger partial charge in [0.15, 0.2) is 4.96 Å². The molecule has 0 atom stereocenters. The van der Waals surface area contributed by atoms with E-state index in [2.05, 4.69) is 79.0 Å². The minimum Gasteiger partial charge on any atom is -0.378 e. The third-order valence-corrected chi connectivity index (χ3v) is 4.95. The normalized spacial score (nSPS) is 11.4. The molecule has 0 amide bonds. The van der Waals surface area contributed by atoms with Gasteiger partial charge < -0.3 is 4.90 Å². The van der Waals surface area contributed by atoms with Gasteiger partial charge in [-0.2, -0.15) is 0 Å². The molecule has 3 nitrogen and oxygen atoms in total. The van der Waals surface area contributed by atoms with Crippen molar-refractivity contribution in [3.63, 3.8) is 0 Å². The first kappa shape index (κ1) is 13.3.